The van der Waals surface area contributed by atoms with Crippen molar-refractivity contribution in [2.75, 3.05) is 33.8 Å². The van der Waals surface area contributed by atoms with Gasteiger partial charge in [0, 0.05) is 17.2 Å². The summed E-state index contributed by atoms with van der Waals surface area (Å²) < 4.78 is 26.7. The number of rotatable bonds is 10. The molecule has 0 saturated carbocycles. The molecule has 1 heterocycles. The zero-order chi connectivity index (χ0) is 31.2. The SMILES string of the molecule is COc1ccc(-c2nc3ccc(C(=O)OC(C)C(=O)Nc4cc(OC)ccc4OC)cc3nc2-c2ccc(OC)cc2)cc1. The molecular formula is C34H31N3O7. The molecule has 1 N–H and O–H groups in total. The van der Waals surface area contributed by atoms with E-state index in [2.05, 4.69) is 5.32 Å². The summed E-state index contributed by atoms with van der Waals surface area (Å²) in [5.41, 5.74) is 4.64. The predicted molar refractivity (Wildman–Crippen MR) is 167 cm³/mol. The number of nitrogens with zero attached hydrogens (tertiary/aromatic N) is 2. The summed E-state index contributed by atoms with van der Waals surface area (Å²) in [4.78, 5) is 35.9. The average Bonchev–Trinajstić information content (AvgIpc) is 3.07. The minimum absolute atomic E-state index is 0.225. The Labute approximate surface area is 254 Å². The minimum Gasteiger partial charge on any atom is -0.497 e. The van der Waals surface area contributed by atoms with Gasteiger partial charge in [0.25, 0.3) is 5.91 Å². The molecular weight excluding hydrogens is 562 g/mol. The van der Waals surface area contributed by atoms with Crippen LogP contribution in [0.3, 0.4) is 0 Å². The first-order chi connectivity index (χ1) is 21.3. The second kappa shape index (κ2) is 13.1. The van der Waals surface area contributed by atoms with Crippen LogP contribution in [0.4, 0.5) is 5.69 Å². The van der Waals surface area contributed by atoms with E-state index in [4.69, 9.17) is 33.7 Å². The smallest absolute Gasteiger partial charge is 0.338 e. The third-order valence-electron chi connectivity index (χ3n) is 6.94. The zero-order valence-corrected chi connectivity index (χ0v) is 24.9. The maximum absolute atomic E-state index is 13.1. The van der Waals surface area contributed by atoms with Gasteiger partial charge in [-0.25, -0.2) is 14.8 Å². The Morgan fingerprint density at radius 2 is 1.18 bits per heavy atom. The Morgan fingerprint density at radius 3 is 1.73 bits per heavy atom. The molecule has 4 aromatic carbocycles. The number of ether oxygens (including phenoxy) is 5. The molecule has 10 nitrogen and oxygen atoms in total. The average molecular weight is 594 g/mol. The predicted octanol–water partition coefficient (Wildman–Crippen LogP) is 6.18. The van der Waals surface area contributed by atoms with Gasteiger partial charge in [-0.2, -0.15) is 0 Å². The maximum Gasteiger partial charge on any atom is 0.338 e. The van der Waals surface area contributed by atoms with E-state index >= 15 is 0 Å². The molecule has 1 aromatic heterocycles. The first kappa shape index (κ1) is 29.8. The minimum atomic E-state index is -1.10. The lowest BCUT2D eigenvalue weighted by Crippen LogP contribution is -2.30. The van der Waals surface area contributed by atoms with Crippen LogP contribution in [0.15, 0.2) is 84.9 Å². The highest BCUT2D eigenvalue weighted by Gasteiger charge is 2.22. The largest absolute Gasteiger partial charge is 0.497 e. The molecule has 0 spiro atoms. The van der Waals surface area contributed by atoms with Crippen molar-refractivity contribution in [1.82, 2.24) is 9.97 Å². The molecule has 0 radical (unpaired) electrons. The fourth-order valence-corrected chi connectivity index (χ4v) is 4.51. The van der Waals surface area contributed by atoms with Crippen LogP contribution in [-0.2, 0) is 9.53 Å². The van der Waals surface area contributed by atoms with Crippen LogP contribution in [-0.4, -0.2) is 56.4 Å². The van der Waals surface area contributed by atoms with E-state index in [1.807, 2.05) is 48.5 Å². The molecule has 5 rings (SSSR count). The quantitative estimate of drug-likeness (QED) is 0.189. The number of hydrogen-bond donors (Lipinski definition) is 1. The van der Waals surface area contributed by atoms with E-state index in [0.29, 0.717) is 45.4 Å². The van der Waals surface area contributed by atoms with E-state index in [9.17, 15) is 9.59 Å². The van der Waals surface area contributed by atoms with Gasteiger partial charge in [0.2, 0.25) is 0 Å². The molecule has 0 aliphatic carbocycles. The van der Waals surface area contributed by atoms with Crippen LogP contribution in [0, 0.1) is 0 Å². The summed E-state index contributed by atoms with van der Waals surface area (Å²) in [6.07, 6.45) is -1.10. The summed E-state index contributed by atoms with van der Waals surface area (Å²) in [5.74, 6) is 1.19. The molecule has 0 fully saturated rings. The standard InChI is InChI=1S/C34H31N3O7/c1-20(33(38)37-29-19-26(42-4)15-17-30(29)43-5)44-34(39)23-10-16-27-28(18-23)36-32(22-8-13-25(41-3)14-9-22)31(35-27)21-6-11-24(40-2)12-7-21/h6-20H,1-5H3,(H,37,38). The van der Waals surface area contributed by atoms with Gasteiger partial charge in [-0.1, -0.05) is 0 Å². The van der Waals surface area contributed by atoms with Crippen molar-refractivity contribution in [3.8, 4) is 45.5 Å². The number of carbonyl (C=O) groups excluding carboxylic acids is 2. The van der Waals surface area contributed by atoms with E-state index in [1.54, 1.807) is 50.6 Å². The normalized spacial score (nSPS) is 11.4. The molecule has 44 heavy (non-hydrogen) atoms. The third-order valence-corrected chi connectivity index (χ3v) is 6.94. The van der Waals surface area contributed by atoms with Gasteiger partial charge < -0.3 is 29.0 Å². The number of benzene rings is 4. The number of fused-ring (bicyclic) bond motifs is 1. The molecule has 0 saturated heterocycles. The molecule has 224 valence electrons. The van der Waals surface area contributed by atoms with Gasteiger partial charge in [0.1, 0.15) is 23.0 Å². The van der Waals surface area contributed by atoms with Crippen molar-refractivity contribution in [1.29, 1.82) is 0 Å². The molecule has 1 amide bonds. The van der Waals surface area contributed by atoms with E-state index < -0.39 is 18.0 Å². The van der Waals surface area contributed by atoms with Crippen LogP contribution in [0.5, 0.6) is 23.0 Å². The second-order valence-corrected chi connectivity index (χ2v) is 9.68. The van der Waals surface area contributed by atoms with Crippen LogP contribution in [0.1, 0.15) is 17.3 Å². The lowest BCUT2D eigenvalue weighted by molar-refractivity contribution is -0.123. The lowest BCUT2D eigenvalue weighted by atomic mass is 10.0. The van der Waals surface area contributed by atoms with Crippen molar-refractivity contribution in [2.24, 2.45) is 0 Å². The van der Waals surface area contributed by atoms with Crippen molar-refractivity contribution in [3.05, 3.63) is 90.5 Å². The van der Waals surface area contributed by atoms with Gasteiger partial charge >= 0.3 is 5.97 Å². The topological polar surface area (TPSA) is 118 Å². The summed E-state index contributed by atoms with van der Waals surface area (Å²) in [7, 11) is 6.23. The van der Waals surface area contributed by atoms with Gasteiger partial charge in [-0.15, -0.1) is 0 Å². The number of esters is 1. The van der Waals surface area contributed by atoms with Crippen LogP contribution in [0.25, 0.3) is 33.5 Å². The molecule has 1 atom stereocenters. The van der Waals surface area contributed by atoms with Crippen LogP contribution >= 0.6 is 0 Å². The Bertz CT molecular complexity index is 1810. The fraction of sp³-hybridized carbons (Fsp3) is 0.176. The Hall–Kier alpha value is -5.64. The summed E-state index contributed by atoms with van der Waals surface area (Å²) >= 11 is 0. The summed E-state index contributed by atoms with van der Waals surface area (Å²) in [6, 6.07) is 25.0. The highest BCUT2D eigenvalue weighted by atomic mass is 16.5. The summed E-state index contributed by atoms with van der Waals surface area (Å²) in [6.45, 7) is 1.49. The van der Waals surface area contributed by atoms with Gasteiger partial charge in [-0.05, 0) is 85.8 Å². The fourth-order valence-electron chi connectivity index (χ4n) is 4.51. The van der Waals surface area contributed by atoms with E-state index in [-0.39, 0.29) is 5.56 Å². The highest BCUT2D eigenvalue weighted by Crippen LogP contribution is 2.33. The number of aromatic nitrogens is 2. The molecule has 0 bridgehead atoms. The molecule has 1 unspecified atom stereocenters. The number of anilines is 1. The second-order valence-electron chi connectivity index (χ2n) is 9.68. The van der Waals surface area contributed by atoms with Gasteiger partial charge in [0.15, 0.2) is 6.10 Å². The highest BCUT2D eigenvalue weighted by molar-refractivity contribution is 5.99. The van der Waals surface area contributed by atoms with Gasteiger partial charge in [0.05, 0.1) is 62.1 Å². The van der Waals surface area contributed by atoms with Crippen molar-refractivity contribution < 1.29 is 33.3 Å². The third kappa shape index (κ3) is 6.39. The number of nitrogens with one attached hydrogen (secondary N) is 1. The zero-order valence-electron chi connectivity index (χ0n) is 24.9. The summed E-state index contributed by atoms with van der Waals surface area (Å²) in [5, 5.41) is 2.72. The number of amides is 1. The lowest BCUT2D eigenvalue weighted by Gasteiger charge is -2.16. The Morgan fingerprint density at radius 1 is 0.636 bits per heavy atom. The Kier molecular flexibility index (Phi) is 8.90. The molecule has 0 aliphatic rings. The Balaban J connectivity index is 1.43. The number of carbonyl (C=O) groups is 2. The number of methoxy groups -OCH3 is 4. The van der Waals surface area contributed by atoms with Crippen LogP contribution in [0.2, 0.25) is 0 Å². The first-order valence-electron chi connectivity index (χ1n) is 13.7. The molecule has 5 aromatic rings. The maximum atomic E-state index is 13.1. The first-order valence-corrected chi connectivity index (χ1v) is 13.7. The molecule has 10 heteroatoms. The molecule has 0 aliphatic heterocycles. The monoisotopic (exact) mass is 593 g/mol. The van der Waals surface area contributed by atoms with Crippen LogP contribution < -0.4 is 24.3 Å². The van der Waals surface area contributed by atoms with E-state index in [0.717, 1.165) is 16.9 Å². The van der Waals surface area contributed by atoms with Gasteiger partial charge in [-0.3, -0.25) is 4.79 Å². The van der Waals surface area contributed by atoms with E-state index in [1.165, 1.54) is 21.1 Å². The van der Waals surface area contributed by atoms with Crippen molar-refractivity contribution in [3.63, 3.8) is 0 Å². The number of hydrogen-bond acceptors (Lipinski definition) is 9. The van der Waals surface area contributed by atoms with Crippen molar-refractivity contribution >= 4 is 28.6 Å². The van der Waals surface area contributed by atoms with Crippen molar-refractivity contribution in [2.45, 2.75) is 13.0 Å².